The first-order valence-electron chi connectivity index (χ1n) is 15.5. The Morgan fingerprint density at radius 2 is 1.30 bits per heavy atom. The van der Waals surface area contributed by atoms with Crippen LogP contribution in [0.15, 0.2) is 78.9 Å². The lowest BCUT2D eigenvalue weighted by Crippen LogP contribution is -2.13. The number of carbonyl (C=O) groups excluding carboxylic acids is 1. The van der Waals surface area contributed by atoms with Crippen molar-refractivity contribution in [1.29, 1.82) is 0 Å². The second-order valence-electron chi connectivity index (χ2n) is 12.5. The molecule has 4 aromatic rings. The fourth-order valence-electron chi connectivity index (χ4n) is 5.83. The highest BCUT2D eigenvalue weighted by molar-refractivity contribution is 6.10. The molecule has 0 radical (unpaired) electrons. The van der Waals surface area contributed by atoms with Gasteiger partial charge in [0, 0.05) is 35.2 Å². The average Bonchev–Trinajstić information content (AvgIpc) is 3.30. The molecule has 0 aliphatic carbocycles. The Hall–Kier alpha value is -4.12. The SMILES string of the molecule is CCc1c(C(=O)c2ccc(NC(c3ccc(CC(C)C)cc3)c3ccc(CC(C)C)cc3)cc2)cc(CCC(=O)O)n1C. The molecule has 226 valence electrons. The smallest absolute Gasteiger partial charge is 0.303 e. The van der Waals surface area contributed by atoms with Gasteiger partial charge in [-0.1, -0.05) is 83.1 Å². The molecule has 43 heavy (non-hydrogen) atoms. The number of nitrogens with zero attached hydrogens (tertiary/aromatic N) is 1. The number of benzene rings is 3. The molecule has 4 rings (SSSR count). The summed E-state index contributed by atoms with van der Waals surface area (Å²) in [6.07, 6.45) is 3.24. The summed E-state index contributed by atoms with van der Waals surface area (Å²) in [7, 11) is 1.91. The molecule has 0 saturated carbocycles. The van der Waals surface area contributed by atoms with Gasteiger partial charge in [0.05, 0.1) is 12.5 Å². The monoisotopic (exact) mass is 578 g/mol. The van der Waals surface area contributed by atoms with E-state index in [0.717, 1.165) is 29.9 Å². The minimum atomic E-state index is -0.841. The van der Waals surface area contributed by atoms with E-state index >= 15 is 0 Å². The van der Waals surface area contributed by atoms with Gasteiger partial charge in [-0.3, -0.25) is 9.59 Å². The molecular weight excluding hydrogens is 532 g/mol. The number of carboxylic acids is 1. The van der Waals surface area contributed by atoms with E-state index in [1.165, 1.54) is 22.3 Å². The molecule has 0 amide bonds. The number of ketones is 1. The lowest BCUT2D eigenvalue weighted by atomic mass is 9.93. The summed E-state index contributed by atoms with van der Waals surface area (Å²) in [5.41, 5.74) is 9.04. The average molecular weight is 579 g/mol. The second kappa shape index (κ2) is 14.4. The number of hydrogen-bond acceptors (Lipinski definition) is 3. The van der Waals surface area contributed by atoms with Crippen molar-refractivity contribution in [2.45, 2.75) is 72.8 Å². The van der Waals surface area contributed by atoms with Gasteiger partial charge in [-0.05, 0) is 90.1 Å². The third kappa shape index (κ3) is 8.25. The molecule has 0 unspecified atom stereocenters. The van der Waals surface area contributed by atoms with E-state index in [-0.39, 0.29) is 18.2 Å². The Balaban J connectivity index is 1.59. The van der Waals surface area contributed by atoms with Gasteiger partial charge in [0.1, 0.15) is 0 Å². The molecule has 5 heteroatoms. The fourth-order valence-corrected chi connectivity index (χ4v) is 5.83. The van der Waals surface area contributed by atoms with Gasteiger partial charge in [0.15, 0.2) is 5.78 Å². The number of carbonyl (C=O) groups is 2. The van der Waals surface area contributed by atoms with Crippen LogP contribution in [0, 0.1) is 11.8 Å². The van der Waals surface area contributed by atoms with E-state index in [1.807, 2.05) is 48.9 Å². The minimum Gasteiger partial charge on any atom is -0.481 e. The van der Waals surface area contributed by atoms with Crippen molar-refractivity contribution in [2.75, 3.05) is 5.32 Å². The zero-order chi connectivity index (χ0) is 31.1. The van der Waals surface area contributed by atoms with Crippen LogP contribution in [0.4, 0.5) is 5.69 Å². The molecule has 0 aliphatic heterocycles. The molecule has 0 atom stereocenters. The Morgan fingerprint density at radius 3 is 1.74 bits per heavy atom. The Morgan fingerprint density at radius 1 is 0.791 bits per heavy atom. The quantitative estimate of drug-likeness (QED) is 0.147. The van der Waals surface area contributed by atoms with E-state index in [2.05, 4.69) is 81.5 Å². The predicted molar refractivity (Wildman–Crippen MR) is 176 cm³/mol. The standard InChI is InChI=1S/C38H46N2O3/c1-7-35-34(24-33(40(35)6)20-21-36(41)42)38(43)31-16-18-32(19-17-31)39-37(29-12-8-27(9-13-29)22-25(2)3)30-14-10-28(11-15-30)23-26(4)5/h8-19,24-26,37,39H,7,20-23H2,1-6H3,(H,41,42). The van der Waals surface area contributed by atoms with Crippen molar-refractivity contribution in [3.05, 3.63) is 124 Å². The predicted octanol–water partition coefficient (Wildman–Crippen LogP) is 8.43. The Kier molecular flexibility index (Phi) is 10.6. The van der Waals surface area contributed by atoms with Crippen LogP contribution in [0.3, 0.4) is 0 Å². The summed E-state index contributed by atoms with van der Waals surface area (Å²) in [5.74, 6) is 0.329. The van der Waals surface area contributed by atoms with Gasteiger partial charge in [0.25, 0.3) is 0 Å². The number of nitrogens with one attached hydrogen (secondary N) is 1. The van der Waals surface area contributed by atoms with Crippen molar-refractivity contribution in [1.82, 2.24) is 4.57 Å². The zero-order valence-corrected chi connectivity index (χ0v) is 26.5. The van der Waals surface area contributed by atoms with E-state index in [1.54, 1.807) is 0 Å². The molecule has 1 heterocycles. The Labute approximate surface area is 257 Å². The van der Waals surface area contributed by atoms with Gasteiger partial charge in [-0.25, -0.2) is 0 Å². The normalized spacial score (nSPS) is 11.5. The number of rotatable bonds is 14. The molecule has 0 saturated heterocycles. The first kappa shape index (κ1) is 31.8. The highest BCUT2D eigenvalue weighted by atomic mass is 16.4. The topological polar surface area (TPSA) is 71.3 Å². The Bertz CT molecular complexity index is 1460. The largest absolute Gasteiger partial charge is 0.481 e. The summed E-state index contributed by atoms with van der Waals surface area (Å²) >= 11 is 0. The minimum absolute atomic E-state index is 0.0388. The van der Waals surface area contributed by atoms with Crippen LogP contribution in [0.5, 0.6) is 0 Å². The molecule has 2 N–H and O–H groups in total. The lowest BCUT2D eigenvalue weighted by molar-refractivity contribution is -0.137. The third-order valence-corrected chi connectivity index (χ3v) is 8.00. The molecule has 1 aromatic heterocycles. The highest BCUT2D eigenvalue weighted by Gasteiger charge is 2.20. The summed E-state index contributed by atoms with van der Waals surface area (Å²) in [6.45, 7) is 11.0. The van der Waals surface area contributed by atoms with Crippen LogP contribution in [0.2, 0.25) is 0 Å². The first-order valence-corrected chi connectivity index (χ1v) is 15.5. The molecule has 3 aromatic carbocycles. The van der Waals surface area contributed by atoms with Crippen molar-refractivity contribution in [3.8, 4) is 0 Å². The van der Waals surface area contributed by atoms with E-state index in [0.29, 0.717) is 35.8 Å². The first-order chi connectivity index (χ1) is 20.5. The summed E-state index contributed by atoms with van der Waals surface area (Å²) in [5, 5.41) is 12.9. The fraction of sp³-hybridized carbons (Fsp3) is 0.368. The van der Waals surface area contributed by atoms with Crippen LogP contribution < -0.4 is 5.32 Å². The van der Waals surface area contributed by atoms with Crippen molar-refractivity contribution >= 4 is 17.4 Å². The van der Waals surface area contributed by atoms with Crippen molar-refractivity contribution in [3.63, 3.8) is 0 Å². The molecule has 0 bridgehead atoms. The zero-order valence-electron chi connectivity index (χ0n) is 26.5. The number of aromatic nitrogens is 1. The maximum Gasteiger partial charge on any atom is 0.303 e. The molecule has 5 nitrogen and oxygen atoms in total. The van der Waals surface area contributed by atoms with Crippen molar-refractivity contribution < 1.29 is 14.7 Å². The maximum atomic E-state index is 13.6. The highest BCUT2D eigenvalue weighted by Crippen LogP contribution is 2.29. The van der Waals surface area contributed by atoms with Gasteiger partial charge in [0.2, 0.25) is 0 Å². The number of anilines is 1. The summed E-state index contributed by atoms with van der Waals surface area (Å²) < 4.78 is 1.97. The van der Waals surface area contributed by atoms with E-state index in [4.69, 9.17) is 5.11 Å². The number of aryl methyl sites for hydroxylation is 1. The molecule has 0 aliphatic rings. The lowest BCUT2D eigenvalue weighted by Gasteiger charge is -2.22. The van der Waals surface area contributed by atoms with Crippen LogP contribution in [0.1, 0.15) is 96.6 Å². The molecular formula is C38H46N2O3. The third-order valence-electron chi connectivity index (χ3n) is 8.00. The van der Waals surface area contributed by atoms with Crippen LogP contribution in [0.25, 0.3) is 0 Å². The number of carboxylic acid groups (broad SMARTS) is 1. The van der Waals surface area contributed by atoms with E-state index < -0.39 is 5.97 Å². The number of hydrogen-bond donors (Lipinski definition) is 2. The van der Waals surface area contributed by atoms with Crippen LogP contribution >= 0.6 is 0 Å². The maximum absolute atomic E-state index is 13.6. The van der Waals surface area contributed by atoms with Crippen LogP contribution in [-0.4, -0.2) is 21.4 Å². The second-order valence-corrected chi connectivity index (χ2v) is 12.5. The van der Waals surface area contributed by atoms with Gasteiger partial charge in [-0.2, -0.15) is 0 Å². The van der Waals surface area contributed by atoms with Gasteiger partial charge < -0.3 is 15.0 Å². The summed E-state index contributed by atoms with van der Waals surface area (Å²) in [6, 6.07) is 27.3. The van der Waals surface area contributed by atoms with E-state index in [9.17, 15) is 9.59 Å². The number of aliphatic carboxylic acids is 1. The van der Waals surface area contributed by atoms with Gasteiger partial charge in [-0.15, -0.1) is 0 Å². The van der Waals surface area contributed by atoms with Crippen molar-refractivity contribution in [2.24, 2.45) is 18.9 Å². The van der Waals surface area contributed by atoms with Gasteiger partial charge >= 0.3 is 5.97 Å². The molecule has 0 spiro atoms. The van der Waals surface area contributed by atoms with Crippen LogP contribution in [-0.2, 0) is 37.5 Å². The molecule has 0 fully saturated rings. The summed E-state index contributed by atoms with van der Waals surface area (Å²) in [4.78, 5) is 24.7.